The third-order valence-corrected chi connectivity index (χ3v) is 6.85. The second-order valence-electron chi connectivity index (χ2n) is 7.65. The maximum atomic E-state index is 13.5. The van der Waals surface area contributed by atoms with Gasteiger partial charge in [-0.15, -0.1) is 0 Å². The molecule has 168 valence electrons. The van der Waals surface area contributed by atoms with Crippen molar-refractivity contribution in [1.82, 2.24) is 4.98 Å². The molecule has 1 aliphatic rings. The number of aryl methyl sites for hydroxylation is 2. The predicted molar refractivity (Wildman–Crippen MR) is 124 cm³/mol. The lowest BCUT2D eigenvalue weighted by molar-refractivity contribution is -0.135. The first-order valence-corrected chi connectivity index (χ1v) is 11.2. The normalized spacial score (nSPS) is 18.0. The van der Waals surface area contributed by atoms with Gasteiger partial charge in [0.15, 0.2) is 10.9 Å². The van der Waals surface area contributed by atoms with Crippen LogP contribution in [0.15, 0.2) is 48.5 Å². The van der Waals surface area contributed by atoms with Gasteiger partial charge in [0.2, 0.25) is 5.78 Å². The third-order valence-electron chi connectivity index (χ3n) is 5.48. The van der Waals surface area contributed by atoms with Gasteiger partial charge in [-0.1, -0.05) is 64.9 Å². The van der Waals surface area contributed by atoms with E-state index in [4.69, 9.17) is 16.3 Å². The Hall–Kier alpha value is -3.36. The molecule has 0 aliphatic carbocycles. The second kappa shape index (κ2) is 8.88. The molecule has 3 aromatic rings. The Morgan fingerprint density at radius 3 is 2.42 bits per heavy atom. The van der Waals surface area contributed by atoms with Gasteiger partial charge in [-0.3, -0.25) is 19.3 Å². The van der Waals surface area contributed by atoms with Gasteiger partial charge in [0.1, 0.15) is 10.8 Å². The van der Waals surface area contributed by atoms with Crippen LogP contribution in [0.5, 0.6) is 0 Å². The molecule has 9 heteroatoms. The summed E-state index contributed by atoms with van der Waals surface area (Å²) in [5.41, 5.74) is 2.16. The van der Waals surface area contributed by atoms with E-state index < -0.39 is 35.4 Å². The number of Topliss-reactive ketones (excluding diaryl/α,β-unsaturated/α-hetero) is 2. The van der Waals surface area contributed by atoms with Crippen LogP contribution in [0.25, 0.3) is 0 Å². The number of ether oxygens (including phenoxy) is 1. The van der Waals surface area contributed by atoms with Gasteiger partial charge in [-0.05, 0) is 31.5 Å². The van der Waals surface area contributed by atoms with Crippen LogP contribution in [0.1, 0.15) is 42.9 Å². The van der Waals surface area contributed by atoms with Crippen LogP contribution in [-0.2, 0) is 14.3 Å². The van der Waals surface area contributed by atoms with Crippen molar-refractivity contribution in [2.24, 2.45) is 5.92 Å². The lowest BCUT2D eigenvalue weighted by Gasteiger charge is -2.25. The van der Waals surface area contributed by atoms with Crippen LogP contribution in [0.2, 0.25) is 5.02 Å². The lowest BCUT2D eigenvalue weighted by Crippen LogP contribution is -2.30. The molecule has 0 radical (unpaired) electrons. The zero-order valence-corrected chi connectivity index (χ0v) is 19.6. The summed E-state index contributed by atoms with van der Waals surface area (Å²) >= 11 is 7.13. The standard InChI is InChI=1S/C24H19ClN2O5S/c1-12-7-9-14(10-8-12)19(28)17-18(15-5-4-6-16(25)11-15)27(22(30)20(17)29)24-26-13(2)21(33-24)23(31)32-3/h4-11,17-18H,1-3H3. The van der Waals surface area contributed by atoms with Crippen LogP contribution in [0, 0.1) is 19.8 Å². The van der Waals surface area contributed by atoms with Crippen molar-refractivity contribution in [2.45, 2.75) is 19.9 Å². The van der Waals surface area contributed by atoms with Crippen molar-refractivity contribution in [3.63, 3.8) is 0 Å². The zero-order chi connectivity index (χ0) is 23.9. The summed E-state index contributed by atoms with van der Waals surface area (Å²) in [6.45, 7) is 3.50. The number of hydrogen-bond acceptors (Lipinski definition) is 7. The van der Waals surface area contributed by atoms with Gasteiger partial charge in [-0.25, -0.2) is 9.78 Å². The van der Waals surface area contributed by atoms with Gasteiger partial charge in [-0.2, -0.15) is 0 Å². The molecular formula is C24H19ClN2O5S. The predicted octanol–water partition coefficient (Wildman–Crippen LogP) is 4.36. The van der Waals surface area contributed by atoms with E-state index >= 15 is 0 Å². The summed E-state index contributed by atoms with van der Waals surface area (Å²) in [5.74, 6) is -4.05. The molecular weight excluding hydrogens is 464 g/mol. The Labute approximate surface area is 199 Å². The quantitative estimate of drug-likeness (QED) is 0.232. The van der Waals surface area contributed by atoms with Crippen LogP contribution in [0.3, 0.4) is 0 Å². The molecule has 1 amide bonds. The summed E-state index contributed by atoms with van der Waals surface area (Å²) in [4.78, 5) is 57.6. The average molecular weight is 483 g/mol. The summed E-state index contributed by atoms with van der Waals surface area (Å²) < 4.78 is 4.78. The first-order valence-electron chi connectivity index (χ1n) is 10.0. The molecule has 7 nitrogen and oxygen atoms in total. The molecule has 1 fully saturated rings. The minimum absolute atomic E-state index is 0.135. The number of carbonyl (C=O) groups is 4. The Morgan fingerprint density at radius 2 is 1.79 bits per heavy atom. The molecule has 0 bridgehead atoms. The summed E-state index contributed by atoms with van der Waals surface area (Å²) in [7, 11) is 1.25. The highest BCUT2D eigenvalue weighted by atomic mass is 35.5. The van der Waals surface area contributed by atoms with Gasteiger partial charge >= 0.3 is 5.97 Å². The highest BCUT2D eigenvalue weighted by Gasteiger charge is 2.53. The van der Waals surface area contributed by atoms with Crippen LogP contribution in [-0.4, -0.2) is 35.5 Å². The Balaban J connectivity index is 1.86. The number of halogens is 1. The fraction of sp³-hybridized carbons (Fsp3) is 0.208. The van der Waals surface area contributed by atoms with E-state index in [1.54, 1.807) is 55.5 Å². The maximum absolute atomic E-state index is 13.5. The van der Waals surface area contributed by atoms with E-state index in [9.17, 15) is 19.2 Å². The van der Waals surface area contributed by atoms with E-state index in [0.717, 1.165) is 16.9 Å². The Kier molecular flexibility index (Phi) is 6.14. The molecule has 0 saturated carbocycles. The fourth-order valence-corrected chi connectivity index (χ4v) is 5.05. The largest absolute Gasteiger partial charge is 0.465 e. The molecule has 4 rings (SSSR count). The zero-order valence-electron chi connectivity index (χ0n) is 18.0. The van der Waals surface area contributed by atoms with Crippen molar-refractivity contribution >= 4 is 51.5 Å². The summed E-state index contributed by atoms with van der Waals surface area (Å²) in [6.07, 6.45) is 0. The summed E-state index contributed by atoms with van der Waals surface area (Å²) in [5, 5.41) is 0.529. The van der Waals surface area contributed by atoms with Crippen molar-refractivity contribution in [1.29, 1.82) is 0 Å². The number of thiazole rings is 1. The van der Waals surface area contributed by atoms with Crippen molar-refractivity contribution in [3.05, 3.63) is 80.8 Å². The van der Waals surface area contributed by atoms with Crippen LogP contribution >= 0.6 is 22.9 Å². The molecule has 0 N–H and O–H groups in total. The number of rotatable bonds is 5. The highest BCUT2D eigenvalue weighted by Crippen LogP contribution is 2.43. The number of ketones is 2. The number of hydrogen-bond donors (Lipinski definition) is 0. The Bertz CT molecular complexity index is 1280. The average Bonchev–Trinajstić information content (AvgIpc) is 3.30. The molecule has 2 unspecified atom stereocenters. The van der Waals surface area contributed by atoms with Crippen molar-refractivity contribution < 1.29 is 23.9 Å². The van der Waals surface area contributed by atoms with Crippen molar-refractivity contribution in [3.8, 4) is 0 Å². The minimum Gasteiger partial charge on any atom is -0.465 e. The number of esters is 1. The van der Waals surface area contributed by atoms with Gasteiger partial charge in [0.05, 0.1) is 18.8 Å². The van der Waals surface area contributed by atoms with E-state index in [2.05, 4.69) is 4.98 Å². The monoisotopic (exact) mass is 482 g/mol. The molecule has 1 aromatic heterocycles. The first-order chi connectivity index (χ1) is 15.7. The first kappa shape index (κ1) is 22.8. The Morgan fingerprint density at radius 1 is 1.09 bits per heavy atom. The molecule has 2 aromatic carbocycles. The van der Waals surface area contributed by atoms with Gasteiger partial charge < -0.3 is 4.74 Å². The van der Waals surface area contributed by atoms with E-state index in [1.807, 2.05) is 6.92 Å². The minimum atomic E-state index is -1.29. The van der Waals surface area contributed by atoms with Gasteiger partial charge in [0.25, 0.3) is 5.91 Å². The number of benzene rings is 2. The van der Waals surface area contributed by atoms with E-state index in [1.165, 1.54) is 12.0 Å². The number of methoxy groups -OCH3 is 1. The molecule has 2 heterocycles. The topological polar surface area (TPSA) is 93.6 Å². The molecule has 0 spiro atoms. The van der Waals surface area contributed by atoms with Crippen LogP contribution < -0.4 is 4.90 Å². The van der Waals surface area contributed by atoms with E-state index in [0.29, 0.717) is 21.8 Å². The number of aromatic nitrogens is 1. The smallest absolute Gasteiger partial charge is 0.350 e. The number of amides is 1. The molecule has 33 heavy (non-hydrogen) atoms. The second-order valence-corrected chi connectivity index (χ2v) is 9.06. The van der Waals surface area contributed by atoms with Crippen molar-refractivity contribution in [2.75, 3.05) is 12.0 Å². The SMILES string of the molecule is COC(=O)c1sc(N2C(=O)C(=O)C(C(=O)c3ccc(C)cc3)C2c2cccc(Cl)c2)nc1C. The maximum Gasteiger partial charge on any atom is 0.350 e. The number of anilines is 1. The molecule has 1 aliphatic heterocycles. The number of nitrogens with zero attached hydrogens (tertiary/aromatic N) is 2. The van der Waals surface area contributed by atoms with Gasteiger partial charge in [0, 0.05) is 10.6 Å². The molecule has 2 atom stereocenters. The number of carbonyl (C=O) groups excluding carboxylic acids is 4. The van der Waals surface area contributed by atoms with Crippen LogP contribution in [0.4, 0.5) is 5.13 Å². The fourth-order valence-electron chi connectivity index (χ4n) is 3.84. The molecule has 1 saturated heterocycles. The third kappa shape index (κ3) is 4.07. The lowest BCUT2D eigenvalue weighted by atomic mass is 9.86. The summed E-state index contributed by atoms with van der Waals surface area (Å²) in [6, 6.07) is 12.5. The van der Waals surface area contributed by atoms with E-state index in [-0.39, 0.29) is 10.0 Å². The highest BCUT2D eigenvalue weighted by molar-refractivity contribution is 7.17.